The highest BCUT2D eigenvalue weighted by Crippen LogP contribution is 2.26. The first-order chi connectivity index (χ1) is 9.78. The van der Waals surface area contributed by atoms with Gasteiger partial charge in [-0.1, -0.05) is 18.2 Å². The van der Waals surface area contributed by atoms with E-state index >= 15 is 0 Å². The number of aromatic amines is 1. The summed E-state index contributed by atoms with van der Waals surface area (Å²) in [6, 6.07) is 8.63. The molecule has 0 bridgehead atoms. The van der Waals surface area contributed by atoms with E-state index < -0.39 is 0 Å². The number of aromatic nitrogens is 1. The fourth-order valence-electron chi connectivity index (χ4n) is 3.53. The van der Waals surface area contributed by atoms with Gasteiger partial charge in [-0.25, -0.2) is 0 Å². The summed E-state index contributed by atoms with van der Waals surface area (Å²) in [5.74, 6) is 0.791. The molecule has 108 valence electrons. The van der Waals surface area contributed by atoms with E-state index in [2.05, 4.69) is 41.1 Å². The van der Waals surface area contributed by atoms with Crippen LogP contribution in [0.3, 0.4) is 0 Å². The second-order valence-electron chi connectivity index (χ2n) is 6.09. The molecule has 1 aromatic carbocycles. The highest BCUT2D eigenvalue weighted by atomic mass is 15.1. The molecule has 0 radical (unpaired) electrons. The van der Waals surface area contributed by atoms with Crippen LogP contribution in [-0.4, -0.2) is 29.5 Å². The Balaban J connectivity index is 1.77. The van der Waals surface area contributed by atoms with Crippen molar-refractivity contribution in [3.05, 3.63) is 35.5 Å². The van der Waals surface area contributed by atoms with Crippen molar-refractivity contribution >= 4 is 10.9 Å². The van der Waals surface area contributed by atoms with Gasteiger partial charge in [-0.2, -0.15) is 0 Å². The van der Waals surface area contributed by atoms with Crippen LogP contribution in [0.1, 0.15) is 30.5 Å². The number of fused-ring (bicyclic) bond motifs is 1. The fourth-order valence-corrected chi connectivity index (χ4v) is 3.53. The lowest BCUT2D eigenvalue weighted by Gasteiger charge is -2.32. The lowest BCUT2D eigenvalue weighted by molar-refractivity contribution is 0.163. The van der Waals surface area contributed by atoms with Gasteiger partial charge in [-0.05, 0) is 56.8 Å². The van der Waals surface area contributed by atoms with E-state index in [0.717, 1.165) is 19.0 Å². The van der Waals surface area contributed by atoms with Crippen LogP contribution in [0.15, 0.2) is 24.3 Å². The Morgan fingerprint density at radius 3 is 3.05 bits per heavy atom. The third kappa shape index (κ3) is 2.74. The predicted octanol–water partition coefficient (Wildman–Crippen LogP) is 3.04. The van der Waals surface area contributed by atoms with Crippen LogP contribution in [0.25, 0.3) is 10.9 Å². The number of hydrogen-bond acceptors (Lipinski definition) is 2. The number of nitrogens with two attached hydrogens (primary N) is 1. The van der Waals surface area contributed by atoms with E-state index in [-0.39, 0.29) is 0 Å². The van der Waals surface area contributed by atoms with E-state index in [1.165, 1.54) is 54.5 Å². The molecule has 3 rings (SSSR count). The Labute approximate surface area is 121 Å². The van der Waals surface area contributed by atoms with Gasteiger partial charge in [0.25, 0.3) is 0 Å². The normalized spacial score (nSPS) is 20.6. The van der Waals surface area contributed by atoms with Crippen molar-refractivity contribution in [1.29, 1.82) is 0 Å². The molecular weight excluding hydrogens is 246 g/mol. The number of aryl methyl sites for hydroxylation is 1. The minimum Gasteiger partial charge on any atom is -0.358 e. The Bertz CT molecular complexity index is 571. The molecule has 1 aliphatic rings. The van der Waals surface area contributed by atoms with Gasteiger partial charge in [0.05, 0.1) is 0 Å². The van der Waals surface area contributed by atoms with Crippen molar-refractivity contribution in [2.24, 2.45) is 11.7 Å². The van der Waals surface area contributed by atoms with Gasteiger partial charge in [0.15, 0.2) is 0 Å². The van der Waals surface area contributed by atoms with Crippen molar-refractivity contribution in [1.82, 2.24) is 9.88 Å². The maximum atomic E-state index is 5.72. The maximum Gasteiger partial charge on any atom is 0.0459 e. The number of nitrogens with one attached hydrogen (secondary N) is 1. The molecule has 1 fully saturated rings. The summed E-state index contributed by atoms with van der Waals surface area (Å²) >= 11 is 0. The van der Waals surface area contributed by atoms with Crippen LogP contribution < -0.4 is 5.73 Å². The molecule has 1 aromatic heterocycles. The Kier molecular flexibility index (Phi) is 4.08. The molecule has 0 saturated carbocycles. The minimum atomic E-state index is 0.791. The van der Waals surface area contributed by atoms with Gasteiger partial charge < -0.3 is 10.7 Å². The van der Waals surface area contributed by atoms with E-state index in [0.29, 0.717) is 0 Å². The molecule has 0 aliphatic carbocycles. The average molecular weight is 271 g/mol. The first kappa shape index (κ1) is 13.7. The van der Waals surface area contributed by atoms with Crippen LogP contribution in [-0.2, 0) is 6.54 Å². The molecule has 1 unspecified atom stereocenters. The van der Waals surface area contributed by atoms with Crippen molar-refractivity contribution in [2.45, 2.75) is 32.7 Å². The SMILES string of the molecule is Cc1[nH]c2ccccc2c1CN1CCCC(CCN)C1. The van der Waals surface area contributed by atoms with Gasteiger partial charge in [0.2, 0.25) is 0 Å². The van der Waals surface area contributed by atoms with Gasteiger partial charge in [0.1, 0.15) is 0 Å². The monoisotopic (exact) mass is 271 g/mol. The summed E-state index contributed by atoms with van der Waals surface area (Å²) in [6.07, 6.45) is 3.83. The Hall–Kier alpha value is -1.32. The number of benzene rings is 1. The third-order valence-corrected chi connectivity index (χ3v) is 4.59. The highest BCUT2D eigenvalue weighted by molar-refractivity contribution is 5.84. The van der Waals surface area contributed by atoms with Crippen LogP contribution >= 0.6 is 0 Å². The molecular formula is C17H25N3. The molecule has 1 saturated heterocycles. The van der Waals surface area contributed by atoms with E-state index in [9.17, 15) is 0 Å². The summed E-state index contributed by atoms with van der Waals surface area (Å²) in [7, 11) is 0. The zero-order valence-electron chi connectivity index (χ0n) is 12.4. The van der Waals surface area contributed by atoms with E-state index in [1.807, 2.05) is 0 Å². The van der Waals surface area contributed by atoms with Gasteiger partial charge in [-0.3, -0.25) is 4.90 Å². The molecule has 0 spiro atoms. The number of rotatable bonds is 4. The largest absolute Gasteiger partial charge is 0.358 e. The quantitative estimate of drug-likeness (QED) is 0.897. The molecule has 3 nitrogen and oxygen atoms in total. The molecule has 0 amide bonds. The van der Waals surface area contributed by atoms with Crippen LogP contribution in [0.2, 0.25) is 0 Å². The standard InChI is InChI=1S/C17H25N3/c1-13-16(15-6-2-3-7-17(15)19-13)12-20-10-4-5-14(11-20)8-9-18/h2-3,6-7,14,19H,4-5,8-12,18H2,1H3. The van der Waals surface area contributed by atoms with Gasteiger partial charge >= 0.3 is 0 Å². The molecule has 2 heterocycles. The van der Waals surface area contributed by atoms with Crippen molar-refractivity contribution in [3.8, 4) is 0 Å². The predicted molar refractivity (Wildman–Crippen MR) is 84.7 cm³/mol. The van der Waals surface area contributed by atoms with E-state index in [4.69, 9.17) is 5.73 Å². The smallest absolute Gasteiger partial charge is 0.0459 e. The fraction of sp³-hybridized carbons (Fsp3) is 0.529. The lowest BCUT2D eigenvalue weighted by Crippen LogP contribution is -2.35. The Morgan fingerprint density at radius 2 is 2.20 bits per heavy atom. The number of likely N-dealkylation sites (tertiary alicyclic amines) is 1. The summed E-state index contributed by atoms with van der Waals surface area (Å²) < 4.78 is 0. The van der Waals surface area contributed by atoms with Gasteiger partial charge in [-0.15, -0.1) is 0 Å². The molecule has 1 aliphatic heterocycles. The average Bonchev–Trinajstić information content (AvgIpc) is 2.76. The Morgan fingerprint density at radius 1 is 1.35 bits per heavy atom. The summed E-state index contributed by atoms with van der Waals surface area (Å²) in [5, 5.41) is 1.38. The summed E-state index contributed by atoms with van der Waals surface area (Å²) in [6.45, 7) is 6.51. The van der Waals surface area contributed by atoms with Crippen molar-refractivity contribution in [2.75, 3.05) is 19.6 Å². The second-order valence-corrected chi connectivity index (χ2v) is 6.09. The highest BCUT2D eigenvalue weighted by Gasteiger charge is 2.20. The summed E-state index contributed by atoms with van der Waals surface area (Å²) in [4.78, 5) is 6.11. The number of piperidine rings is 1. The zero-order valence-corrected chi connectivity index (χ0v) is 12.4. The third-order valence-electron chi connectivity index (χ3n) is 4.59. The van der Waals surface area contributed by atoms with E-state index in [1.54, 1.807) is 0 Å². The van der Waals surface area contributed by atoms with Crippen LogP contribution in [0, 0.1) is 12.8 Å². The molecule has 3 heteroatoms. The molecule has 20 heavy (non-hydrogen) atoms. The number of nitrogens with zero attached hydrogens (tertiary/aromatic N) is 1. The number of para-hydroxylation sites is 1. The zero-order chi connectivity index (χ0) is 13.9. The van der Waals surface area contributed by atoms with Crippen LogP contribution in [0.5, 0.6) is 0 Å². The molecule has 3 N–H and O–H groups in total. The second kappa shape index (κ2) is 5.98. The number of H-pyrrole nitrogens is 1. The topological polar surface area (TPSA) is 45.0 Å². The first-order valence-corrected chi connectivity index (χ1v) is 7.76. The lowest BCUT2D eigenvalue weighted by atomic mass is 9.94. The number of hydrogen-bond donors (Lipinski definition) is 2. The van der Waals surface area contributed by atoms with Crippen molar-refractivity contribution < 1.29 is 0 Å². The van der Waals surface area contributed by atoms with Crippen molar-refractivity contribution in [3.63, 3.8) is 0 Å². The first-order valence-electron chi connectivity index (χ1n) is 7.76. The minimum absolute atomic E-state index is 0.791. The molecule has 2 aromatic rings. The van der Waals surface area contributed by atoms with Gasteiger partial charge in [0, 0.05) is 29.7 Å². The summed E-state index contributed by atoms with van der Waals surface area (Å²) in [5.41, 5.74) is 9.75. The maximum absolute atomic E-state index is 5.72. The molecule has 1 atom stereocenters. The van der Waals surface area contributed by atoms with Crippen LogP contribution in [0.4, 0.5) is 0 Å².